The maximum absolute atomic E-state index is 13.0. The second kappa shape index (κ2) is 9.80. The zero-order valence-corrected chi connectivity index (χ0v) is 19.7. The van der Waals surface area contributed by atoms with Crippen LogP contribution in [0.3, 0.4) is 0 Å². The van der Waals surface area contributed by atoms with Crippen molar-refractivity contribution in [2.24, 2.45) is 5.41 Å². The molecular weight excluding hydrogens is 449 g/mol. The molecule has 0 spiro atoms. The first-order valence-corrected chi connectivity index (χ1v) is 11.2. The minimum absolute atomic E-state index is 0.0900. The Bertz CT molecular complexity index is 1280. The number of ether oxygens (including phenoxy) is 2. The van der Waals surface area contributed by atoms with Crippen LogP contribution < -0.4 is 9.97 Å². The first kappa shape index (κ1) is 24.3. The molecule has 1 aliphatic rings. The van der Waals surface area contributed by atoms with E-state index in [9.17, 15) is 19.4 Å². The summed E-state index contributed by atoms with van der Waals surface area (Å²) in [5.41, 5.74) is 0.479. The molecule has 0 bridgehead atoms. The van der Waals surface area contributed by atoms with Crippen molar-refractivity contribution in [3.05, 3.63) is 77.4 Å². The second-order valence-corrected chi connectivity index (χ2v) is 9.34. The Morgan fingerprint density at radius 3 is 2.46 bits per heavy atom. The fourth-order valence-corrected chi connectivity index (χ4v) is 3.81. The van der Waals surface area contributed by atoms with Crippen LogP contribution in [0, 0.1) is 5.41 Å². The predicted octanol–water partition coefficient (Wildman–Crippen LogP) is 3.30. The number of benzene rings is 3. The molecule has 35 heavy (non-hydrogen) atoms. The highest BCUT2D eigenvalue weighted by Gasteiger charge is 2.38. The van der Waals surface area contributed by atoms with Crippen molar-refractivity contribution in [3.63, 3.8) is 0 Å². The predicted molar refractivity (Wildman–Crippen MR) is 130 cm³/mol. The summed E-state index contributed by atoms with van der Waals surface area (Å²) in [5.74, 6) is -2.16. The Balaban J connectivity index is 1.46. The topological polar surface area (TPSA) is 111 Å². The van der Waals surface area contributed by atoms with Crippen LogP contribution in [-0.2, 0) is 20.7 Å². The number of amides is 1. The van der Waals surface area contributed by atoms with E-state index < -0.39 is 37.2 Å². The maximum Gasteiger partial charge on any atom is 0.547 e. The van der Waals surface area contributed by atoms with Crippen LogP contribution in [0.25, 0.3) is 10.8 Å². The molecule has 0 aromatic heterocycles. The van der Waals surface area contributed by atoms with Crippen molar-refractivity contribution in [1.82, 2.24) is 5.32 Å². The number of nitrogens with one attached hydrogen (secondary N) is 1. The number of esters is 2. The molecule has 0 aliphatic carbocycles. The summed E-state index contributed by atoms with van der Waals surface area (Å²) in [6.07, 6.45) is 0.243. The van der Waals surface area contributed by atoms with Gasteiger partial charge in [0.05, 0.1) is 11.4 Å². The first-order chi connectivity index (χ1) is 16.6. The van der Waals surface area contributed by atoms with Crippen molar-refractivity contribution in [2.45, 2.75) is 33.1 Å². The molecule has 9 heteroatoms. The first-order valence-electron chi connectivity index (χ1n) is 11.2. The van der Waals surface area contributed by atoms with Gasteiger partial charge in [0, 0.05) is 5.56 Å². The smallest absolute Gasteiger partial charge is 0.534 e. The number of fused-ring (bicyclic) bond motifs is 2. The van der Waals surface area contributed by atoms with Gasteiger partial charge in [0.1, 0.15) is 11.3 Å². The second-order valence-electron chi connectivity index (χ2n) is 9.34. The third kappa shape index (κ3) is 5.30. The lowest BCUT2D eigenvalue weighted by atomic mass is 9.72. The van der Waals surface area contributed by atoms with E-state index in [0.29, 0.717) is 11.1 Å². The number of rotatable bonds is 5. The van der Waals surface area contributed by atoms with E-state index in [2.05, 4.69) is 5.32 Å². The fourth-order valence-electron chi connectivity index (χ4n) is 3.81. The summed E-state index contributed by atoms with van der Waals surface area (Å²) < 4.78 is 15.7. The summed E-state index contributed by atoms with van der Waals surface area (Å²) in [6.45, 7) is 4.53. The van der Waals surface area contributed by atoms with Gasteiger partial charge < -0.3 is 24.5 Å². The van der Waals surface area contributed by atoms with E-state index >= 15 is 0 Å². The Hall–Kier alpha value is -3.85. The lowest BCUT2D eigenvalue weighted by Crippen LogP contribution is -2.53. The van der Waals surface area contributed by atoms with Gasteiger partial charge in [0.2, 0.25) is 6.79 Å². The zero-order chi connectivity index (χ0) is 25.2. The van der Waals surface area contributed by atoms with E-state index in [0.717, 1.165) is 10.8 Å². The molecular formula is C26H26BNO7. The number of hydrogen-bond donors (Lipinski definition) is 2. The summed E-state index contributed by atoms with van der Waals surface area (Å²) in [4.78, 5) is 37.4. The molecule has 0 saturated heterocycles. The van der Waals surface area contributed by atoms with E-state index in [-0.39, 0.29) is 23.6 Å². The van der Waals surface area contributed by atoms with Gasteiger partial charge in [-0.15, -0.1) is 0 Å². The summed E-state index contributed by atoms with van der Waals surface area (Å²) in [7, 11) is -1.38. The number of hydrogen-bond acceptors (Lipinski definition) is 7. The number of carbonyl (C=O) groups is 3. The largest absolute Gasteiger partial charge is 0.547 e. The van der Waals surface area contributed by atoms with Crippen molar-refractivity contribution >= 4 is 35.7 Å². The van der Waals surface area contributed by atoms with Crippen LogP contribution in [0.5, 0.6) is 5.75 Å². The van der Waals surface area contributed by atoms with Gasteiger partial charge in [-0.2, -0.15) is 0 Å². The Morgan fingerprint density at radius 2 is 1.69 bits per heavy atom. The molecule has 0 unspecified atom stereocenters. The highest BCUT2D eigenvalue weighted by molar-refractivity contribution is 6.47. The lowest BCUT2D eigenvalue weighted by Gasteiger charge is -2.29. The Kier molecular flexibility index (Phi) is 6.80. The van der Waals surface area contributed by atoms with Crippen molar-refractivity contribution < 1.29 is 33.5 Å². The minimum Gasteiger partial charge on any atom is -0.534 e. The maximum atomic E-state index is 13.0. The standard InChI is InChI=1S/C26H26BNO7/c1-26(2,3)25(31)34-15-33-24(30)20-13-7-10-17-14-21(27(32)35-22(17)20)28-23(29)19-12-6-9-16-8-4-5-11-18(16)19/h4-13,21,32H,14-15H2,1-3H3,(H,28,29)/t21-/m0/s1. The molecule has 3 aromatic carbocycles. The van der Waals surface area contributed by atoms with E-state index in [4.69, 9.17) is 14.1 Å². The molecule has 180 valence electrons. The highest BCUT2D eigenvalue weighted by Crippen LogP contribution is 2.31. The third-order valence-electron chi connectivity index (χ3n) is 5.68. The summed E-state index contributed by atoms with van der Waals surface area (Å²) >= 11 is 0. The van der Waals surface area contributed by atoms with Gasteiger partial charge in [0.25, 0.3) is 5.91 Å². The Morgan fingerprint density at radius 1 is 1.00 bits per heavy atom. The van der Waals surface area contributed by atoms with E-state index in [1.54, 1.807) is 45.0 Å². The third-order valence-corrected chi connectivity index (χ3v) is 5.68. The molecule has 3 aromatic rings. The van der Waals surface area contributed by atoms with Crippen molar-refractivity contribution in [2.75, 3.05) is 6.79 Å². The Labute approximate surface area is 203 Å². The molecule has 4 rings (SSSR count). The van der Waals surface area contributed by atoms with Crippen molar-refractivity contribution in [3.8, 4) is 5.75 Å². The van der Waals surface area contributed by atoms with Crippen LogP contribution in [0.4, 0.5) is 0 Å². The molecule has 1 atom stereocenters. The van der Waals surface area contributed by atoms with Crippen LogP contribution in [-0.4, -0.2) is 42.7 Å². The minimum atomic E-state index is -1.38. The van der Waals surface area contributed by atoms with Crippen molar-refractivity contribution in [1.29, 1.82) is 0 Å². The summed E-state index contributed by atoms with van der Waals surface area (Å²) in [5, 5.41) is 15.2. The molecule has 8 nitrogen and oxygen atoms in total. The van der Waals surface area contributed by atoms with E-state index in [1.165, 1.54) is 6.07 Å². The van der Waals surface area contributed by atoms with Crippen LogP contribution in [0.2, 0.25) is 0 Å². The molecule has 0 fully saturated rings. The zero-order valence-electron chi connectivity index (χ0n) is 19.7. The van der Waals surface area contributed by atoms with Crippen LogP contribution in [0.15, 0.2) is 60.7 Å². The average Bonchev–Trinajstić information content (AvgIpc) is 2.83. The molecule has 0 saturated carbocycles. The quantitative estimate of drug-likeness (QED) is 0.331. The van der Waals surface area contributed by atoms with Gasteiger partial charge in [0.15, 0.2) is 0 Å². The lowest BCUT2D eigenvalue weighted by molar-refractivity contribution is -0.161. The van der Waals surface area contributed by atoms with Crippen LogP contribution >= 0.6 is 0 Å². The van der Waals surface area contributed by atoms with Gasteiger partial charge in [-0.3, -0.25) is 9.59 Å². The molecule has 2 N–H and O–H groups in total. The van der Waals surface area contributed by atoms with Crippen LogP contribution in [0.1, 0.15) is 47.1 Å². The average molecular weight is 475 g/mol. The molecule has 1 heterocycles. The summed E-state index contributed by atoms with van der Waals surface area (Å²) in [6, 6.07) is 17.9. The fraction of sp³-hybridized carbons (Fsp3) is 0.269. The molecule has 0 radical (unpaired) electrons. The SMILES string of the molecule is CC(C)(C)C(=O)OCOC(=O)c1cccc2c1OB(O)[C@@H](NC(=O)c1cccc3ccccc13)C2. The highest BCUT2D eigenvalue weighted by atomic mass is 16.7. The monoisotopic (exact) mass is 475 g/mol. The number of para-hydroxylation sites is 1. The number of carbonyl (C=O) groups excluding carboxylic acids is 3. The van der Waals surface area contributed by atoms with Gasteiger partial charge in [-0.25, -0.2) is 4.79 Å². The van der Waals surface area contributed by atoms with Gasteiger partial charge in [-0.05, 0) is 55.7 Å². The van der Waals surface area contributed by atoms with Gasteiger partial charge in [-0.1, -0.05) is 48.5 Å². The molecule has 1 amide bonds. The van der Waals surface area contributed by atoms with E-state index in [1.807, 2.05) is 30.3 Å². The van der Waals surface area contributed by atoms with Gasteiger partial charge >= 0.3 is 19.1 Å². The normalized spacial score (nSPS) is 15.1. The molecule has 1 aliphatic heterocycles.